The molecule has 7 fully saturated rings. The van der Waals surface area contributed by atoms with Gasteiger partial charge in [-0.15, -0.1) is 0 Å². The first-order chi connectivity index (χ1) is 35.1. The molecule has 4 saturated heterocycles. The Labute approximate surface area is 435 Å². The molecule has 74 heavy (non-hydrogen) atoms. The molecular formula is C56H82O18. The topological polar surface area (TPSA) is 237 Å². The Morgan fingerprint density at radius 3 is 1.84 bits per heavy atom. The van der Waals surface area contributed by atoms with Gasteiger partial charge in [0.1, 0.15) is 47.5 Å². The predicted octanol–water partition coefficient (Wildman–Crippen LogP) is 4.81. The van der Waals surface area contributed by atoms with Crippen LogP contribution in [-0.2, 0) is 61.7 Å². The fourth-order valence-corrected chi connectivity index (χ4v) is 14.6. The van der Waals surface area contributed by atoms with E-state index < -0.39 is 144 Å². The van der Waals surface area contributed by atoms with Gasteiger partial charge in [-0.1, -0.05) is 55.8 Å². The number of carbonyl (C=O) groups excluding carboxylic acids is 2. The first-order valence-electron chi connectivity index (χ1n) is 27.0. The zero-order valence-corrected chi connectivity index (χ0v) is 44.5. The number of benzene rings is 1. The third kappa shape index (κ3) is 10.4. The Kier molecular flexibility index (Phi) is 16.8. The molecule has 18 nitrogen and oxygen atoms in total. The van der Waals surface area contributed by atoms with Gasteiger partial charge in [0.05, 0.1) is 54.9 Å². The molecule has 3 saturated carbocycles. The number of ketones is 1. The summed E-state index contributed by atoms with van der Waals surface area (Å²) in [6, 6.07) is 9.44. The van der Waals surface area contributed by atoms with Crippen LogP contribution in [0.4, 0.5) is 0 Å². The van der Waals surface area contributed by atoms with E-state index in [1.807, 2.05) is 44.2 Å². The Balaban J connectivity index is 0.790. The zero-order valence-electron chi connectivity index (χ0n) is 44.5. The average molecular weight is 1040 g/mol. The number of Topliss-reactive ketones (excluding diaryl/α,β-unsaturated/α-hetero) is 1. The van der Waals surface area contributed by atoms with Crippen molar-refractivity contribution < 1.29 is 87.2 Å². The van der Waals surface area contributed by atoms with E-state index in [9.17, 15) is 35.1 Å². The minimum atomic E-state index is -1.69. The van der Waals surface area contributed by atoms with E-state index in [0.29, 0.717) is 38.5 Å². The average Bonchev–Trinajstić information content (AvgIpc) is 3.66. The van der Waals surface area contributed by atoms with Gasteiger partial charge in [0.15, 0.2) is 25.2 Å². The minimum absolute atomic E-state index is 0.0849. The second-order valence-corrected chi connectivity index (χ2v) is 23.1. The molecule has 0 radical (unpaired) electrons. The van der Waals surface area contributed by atoms with Crippen molar-refractivity contribution >= 4 is 17.8 Å². The van der Waals surface area contributed by atoms with E-state index in [4.69, 9.17) is 52.1 Å². The number of hydrogen-bond acceptors (Lipinski definition) is 18. The van der Waals surface area contributed by atoms with E-state index in [0.717, 1.165) is 11.1 Å². The van der Waals surface area contributed by atoms with E-state index in [1.165, 1.54) is 20.1 Å². The Morgan fingerprint density at radius 1 is 0.689 bits per heavy atom. The first kappa shape index (κ1) is 56.0. The smallest absolute Gasteiger partial charge is 0.331 e. The van der Waals surface area contributed by atoms with Gasteiger partial charge in [-0.05, 0) is 96.6 Å². The molecule has 0 bridgehead atoms. The van der Waals surface area contributed by atoms with E-state index >= 15 is 0 Å². The van der Waals surface area contributed by atoms with E-state index in [1.54, 1.807) is 34.0 Å². The molecule has 1 aromatic carbocycles. The second-order valence-electron chi connectivity index (χ2n) is 23.1. The van der Waals surface area contributed by atoms with Gasteiger partial charge in [-0.2, -0.15) is 0 Å². The summed E-state index contributed by atoms with van der Waals surface area (Å²) in [5.74, 6) is -1.72. The molecular weight excluding hydrogens is 961 g/mol. The summed E-state index contributed by atoms with van der Waals surface area (Å²) in [5, 5.41) is 58.8. The number of ether oxygens (including phenoxy) is 11. The van der Waals surface area contributed by atoms with E-state index in [2.05, 4.69) is 13.0 Å². The van der Waals surface area contributed by atoms with Crippen molar-refractivity contribution in [3.63, 3.8) is 0 Å². The number of hydrogen-bond donors (Lipinski definition) is 5. The predicted molar refractivity (Wildman–Crippen MR) is 264 cm³/mol. The number of fused-ring (bicyclic) bond motifs is 5. The molecule has 414 valence electrons. The lowest BCUT2D eigenvalue weighted by atomic mass is 9.43. The highest BCUT2D eigenvalue weighted by atomic mass is 16.8. The number of carbonyl (C=O) groups is 2. The number of aliphatic hydroxyl groups is 5. The lowest BCUT2D eigenvalue weighted by molar-refractivity contribution is -0.345. The summed E-state index contributed by atoms with van der Waals surface area (Å²) in [4.78, 5) is 26.8. The summed E-state index contributed by atoms with van der Waals surface area (Å²) in [5.41, 5.74) is -3.07. The lowest BCUT2D eigenvalue weighted by Crippen LogP contribution is -2.75. The maximum Gasteiger partial charge on any atom is 0.331 e. The SMILES string of the molecule is CO[C@H]1C[C@H](O[C@H]2CC[C@@]3(C)C(=CC[C@]4(O)[C@@H]3C[C@@H](OC(=O)/C=C\c3ccccc3)[C@]3(C)[C@H](C(C)=O)CC[C@@]34O)C2)O[C@H](C)[C@H]1O[C@H]1C[C@H](O)[C@H](O[C@H]2C[C@H](O)[C@H](O[C@H]3C[C@@H](OC)[C@H](O)[C@@H](C)O3)[C@@H](C)O2)[C@@H](C)O1. The zero-order chi connectivity index (χ0) is 53.1. The highest BCUT2D eigenvalue weighted by Crippen LogP contribution is 2.70. The number of rotatable bonds is 14. The maximum absolute atomic E-state index is 13.6. The summed E-state index contributed by atoms with van der Waals surface area (Å²) < 4.78 is 68.2. The van der Waals surface area contributed by atoms with Crippen LogP contribution < -0.4 is 0 Å². The first-order valence-corrected chi connectivity index (χ1v) is 27.0. The van der Waals surface area contributed by atoms with Crippen LogP contribution >= 0.6 is 0 Å². The largest absolute Gasteiger partial charge is 0.458 e. The summed E-state index contributed by atoms with van der Waals surface area (Å²) in [6.07, 6.45) is -2.96. The quantitative estimate of drug-likeness (QED) is 0.0955. The van der Waals surface area contributed by atoms with Gasteiger partial charge in [0.25, 0.3) is 0 Å². The molecule has 4 aliphatic carbocycles. The van der Waals surface area contributed by atoms with Crippen LogP contribution in [0.5, 0.6) is 0 Å². The van der Waals surface area contributed by atoms with Crippen LogP contribution in [0.2, 0.25) is 0 Å². The molecule has 18 heteroatoms. The van der Waals surface area contributed by atoms with Gasteiger partial charge in [-0.25, -0.2) is 4.79 Å². The van der Waals surface area contributed by atoms with Crippen molar-refractivity contribution in [3.05, 3.63) is 53.6 Å². The van der Waals surface area contributed by atoms with Crippen molar-refractivity contribution in [2.24, 2.45) is 22.7 Å². The van der Waals surface area contributed by atoms with Crippen LogP contribution in [0.25, 0.3) is 6.08 Å². The monoisotopic (exact) mass is 1040 g/mol. The standard InChI is InChI=1S/C56H82O18/c1-29(57)37-19-22-56(63)54(37,7)43(71-44(60)16-15-34-13-11-10-12-14-34)28-42-53(6)20-18-36(23-35(53)17-21-55(42,56)62)70-47-27-41(65-9)52(33(5)69-47)74-46-25-39(59)50(31(3)68-46)72-45-24-38(58)51(32(4)67-45)73-48-26-40(64-8)49(61)30(2)66-48/h10-17,30-33,36-43,45-52,58-59,61-63H,18-28H2,1-9H3/b16-15-/t30-,31-,32-,33-,36+,37+,38+,39+,40-,41+,42-,43-,45+,46+,47+,48+,49-,50-,51-,52-,53+,54+,55+,56-/m1/s1. The minimum Gasteiger partial charge on any atom is -0.458 e. The van der Waals surface area contributed by atoms with Gasteiger partial charge in [-0.3, -0.25) is 4.79 Å². The van der Waals surface area contributed by atoms with Gasteiger partial charge >= 0.3 is 5.97 Å². The summed E-state index contributed by atoms with van der Waals surface area (Å²) >= 11 is 0. The van der Waals surface area contributed by atoms with Crippen LogP contribution in [0, 0.1) is 22.7 Å². The molecule has 4 aliphatic heterocycles. The van der Waals surface area contributed by atoms with Crippen LogP contribution in [-0.4, -0.2) is 173 Å². The maximum atomic E-state index is 13.6. The second kappa shape index (κ2) is 22.2. The van der Waals surface area contributed by atoms with Gasteiger partial charge < -0.3 is 77.6 Å². The molecule has 24 atom stereocenters. The molecule has 0 spiro atoms. The Hall–Kier alpha value is -2.76. The molecule has 1 aromatic rings. The van der Waals surface area contributed by atoms with Crippen molar-refractivity contribution in [2.45, 2.75) is 241 Å². The molecule has 0 amide bonds. The molecule has 9 rings (SSSR count). The van der Waals surface area contributed by atoms with Crippen LogP contribution in [0.1, 0.15) is 125 Å². The van der Waals surface area contributed by atoms with Crippen molar-refractivity contribution in [1.82, 2.24) is 0 Å². The fourth-order valence-electron chi connectivity index (χ4n) is 14.6. The van der Waals surface area contributed by atoms with Crippen molar-refractivity contribution in [1.29, 1.82) is 0 Å². The molecule has 4 heterocycles. The van der Waals surface area contributed by atoms with Crippen molar-refractivity contribution in [2.75, 3.05) is 14.2 Å². The third-order valence-electron chi connectivity index (χ3n) is 18.8. The number of methoxy groups -OCH3 is 2. The normalized spacial score (nSPS) is 48.5. The van der Waals surface area contributed by atoms with Crippen LogP contribution in [0.15, 0.2) is 48.1 Å². The van der Waals surface area contributed by atoms with E-state index in [-0.39, 0.29) is 44.0 Å². The number of aliphatic hydroxyl groups excluding tert-OH is 3. The van der Waals surface area contributed by atoms with Crippen LogP contribution in [0.3, 0.4) is 0 Å². The summed E-state index contributed by atoms with van der Waals surface area (Å²) in [7, 11) is 3.14. The summed E-state index contributed by atoms with van der Waals surface area (Å²) in [6.45, 7) is 12.7. The third-order valence-corrected chi connectivity index (χ3v) is 18.8. The molecule has 0 unspecified atom stereocenters. The fraction of sp³-hybridized carbons (Fsp3) is 0.786. The Morgan fingerprint density at radius 2 is 1.24 bits per heavy atom. The van der Waals surface area contributed by atoms with Crippen molar-refractivity contribution in [3.8, 4) is 0 Å². The van der Waals surface area contributed by atoms with Gasteiger partial charge in [0, 0.05) is 63.2 Å². The lowest BCUT2D eigenvalue weighted by Gasteiger charge is -2.66. The highest BCUT2D eigenvalue weighted by Gasteiger charge is 2.77. The number of esters is 1. The molecule has 5 N–H and O–H groups in total. The van der Waals surface area contributed by atoms with Gasteiger partial charge in [0.2, 0.25) is 0 Å². The Bertz CT molecular complexity index is 2150. The highest BCUT2D eigenvalue weighted by molar-refractivity contribution is 5.87. The molecule has 8 aliphatic rings. The molecule has 0 aromatic heterocycles.